The number of halogens is 1. The van der Waals surface area contributed by atoms with Gasteiger partial charge in [-0.3, -0.25) is 0 Å². The first-order valence-corrected chi connectivity index (χ1v) is 2.73. The third-order valence-corrected chi connectivity index (χ3v) is 0.558. The van der Waals surface area contributed by atoms with Crippen molar-refractivity contribution in [3.05, 3.63) is 0 Å². The normalized spacial score (nSPS) is 3.75. The molecule has 0 aromatic carbocycles. The average Bonchev–Trinajstić information content (AvgIpc) is 1.81. The summed E-state index contributed by atoms with van der Waals surface area (Å²) in [6.07, 6.45) is 0. The minimum absolute atomic E-state index is 1.73. The van der Waals surface area contributed by atoms with Gasteiger partial charge in [0.15, 0.2) is 0 Å². The summed E-state index contributed by atoms with van der Waals surface area (Å²) in [5.41, 5.74) is 0. The zero-order valence-corrected chi connectivity index (χ0v) is 5.96. The second-order valence-electron chi connectivity index (χ2n) is 0.844. The van der Waals surface area contributed by atoms with E-state index in [2.05, 4.69) is 50.4 Å². The van der Waals surface area contributed by atoms with Crippen LogP contribution in [0.15, 0.2) is 0 Å². The third kappa shape index (κ3) is 5.16. The van der Waals surface area contributed by atoms with E-state index in [-0.39, 0.29) is 0 Å². The molecule has 0 amide bonds. The Morgan fingerprint density at radius 1 is 1.00 bits per heavy atom. The van der Waals surface area contributed by atoms with Crippen LogP contribution in [0.1, 0.15) is 6.92 Å². The molecule has 0 fully saturated rings. The van der Waals surface area contributed by atoms with E-state index in [9.17, 15) is 0 Å². The molecule has 0 atom stereocenters. The molecule has 0 aliphatic heterocycles. The molecule has 0 radical (unpaired) electrons. The standard InChI is InChI=1S/C7H3Br/c1-2-3-4-5-6-7-8/h1H3. The maximum atomic E-state index is 2.89. The lowest BCUT2D eigenvalue weighted by molar-refractivity contribution is 1.92. The summed E-state index contributed by atoms with van der Waals surface area (Å²) in [6, 6.07) is 0. The van der Waals surface area contributed by atoms with Crippen molar-refractivity contribution < 1.29 is 0 Å². The van der Waals surface area contributed by atoms with Gasteiger partial charge in [0.25, 0.3) is 0 Å². The van der Waals surface area contributed by atoms with Crippen molar-refractivity contribution in [2.75, 3.05) is 0 Å². The van der Waals surface area contributed by atoms with Crippen LogP contribution >= 0.6 is 15.9 Å². The molecule has 0 aliphatic carbocycles. The summed E-state index contributed by atoms with van der Waals surface area (Å²) in [4.78, 5) is 2.45. The molecule has 0 aromatic rings. The maximum absolute atomic E-state index is 2.89. The van der Waals surface area contributed by atoms with Crippen LogP contribution in [0.2, 0.25) is 0 Å². The van der Waals surface area contributed by atoms with Crippen LogP contribution < -0.4 is 0 Å². The highest BCUT2D eigenvalue weighted by molar-refractivity contribution is 9.12. The van der Waals surface area contributed by atoms with Crippen molar-refractivity contribution in [3.63, 3.8) is 0 Å². The Morgan fingerprint density at radius 3 is 2.12 bits per heavy atom. The van der Waals surface area contributed by atoms with Crippen LogP contribution in [0, 0.1) is 34.4 Å². The van der Waals surface area contributed by atoms with Crippen molar-refractivity contribution in [3.8, 4) is 34.4 Å². The summed E-state index contributed by atoms with van der Waals surface area (Å²) in [6.45, 7) is 1.73. The smallest absolute Gasteiger partial charge is 0.0117 e. The molecule has 38 valence electrons. The van der Waals surface area contributed by atoms with E-state index in [0.29, 0.717) is 0 Å². The van der Waals surface area contributed by atoms with Crippen LogP contribution in [0.3, 0.4) is 0 Å². The maximum Gasteiger partial charge on any atom is 0.0117 e. The van der Waals surface area contributed by atoms with Crippen LogP contribution in [-0.4, -0.2) is 0 Å². The fourth-order valence-electron chi connectivity index (χ4n) is 0.149. The van der Waals surface area contributed by atoms with Gasteiger partial charge in [-0.1, -0.05) is 5.92 Å². The third-order valence-electron chi connectivity index (χ3n) is 0.360. The van der Waals surface area contributed by atoms with E-state index >= 15 is 0 Å². The molecule has 0 aliphatic rings. The van der Waals surface area contributed by atoms with E-state index in [1.54, 1.807) is 6.92 Å². The van der Waals surface area contributed by atoms with Crippen LogP contribution in [-0.2, 0) is 0 Å². The fraction of sp³-hybridized carbons (Fsp3) is 0.143. The zero-order valence-electron chi connectivity index (χ0n) is 4.38. The quantitative estimate of drug-likeness (QED) is 0.478. The van der Waals surface area contributed by atoms with Crippen molar-refractivity contribution in [1.29, 1.82) is 0 Å². The lowest BCUT2D eigenvalue weighted by Crippen LogP contribution is -1.47. The summed E-state index contributed by atoms with van der Waals surface area (Å²) in [7, 11) is 0. The molecule has 0 rings (SSSR count). The SMILES string of the molecule is CC#CC#CC#CBr. The van der Waals surface area contributed by atoms with Gasteiger partial charge in [0.1, 0.15) is 0 Å². The molecule has 0 unspecified atom stereocenters. The van der Waals surface area contributed by atoms with Gasteiger partial charge in [0.2, 0.25) is 0 Å². The van der Waals surface area contributed by atoms with E-state index < -0.39 is 0 Å². The molecule has 0 N–H and O–H groups in total. The Kier molecular flexibility index (Phi) is 5.51. The van der Waals surface area contributed by atoms with Gasteiger partial charge in [-0.25, -0.2) is 0 Å². The Morgan fingerprint density at radius 2 is 1.62 bits per heavy atom. The topological polar surface area (TPSA) is 0 Å². The second-order valence-corrected chi connectivity index (χ2v) is 1.24. The molecule has 8 heavy (non-hydrogen) atoms. The Bertz CT molecular complexity index is 194. The molecule has 1 heteroatoms. The summed E-state index contributed by atoms with van der Waals surface area (Å²) >= 11 is 2.89. The molecule has 0 nitrogen and oxygen atoms in total. The van der Waals surface area contributed by atoms with Gasteiger partial charge in [-0.05, 0) is 35.4 Å². The predicted molar refractivity (Wildman–Crippen MR) is 37.9 cm³/mol. The average molecular weight is 167 g/mol. The Hall–Kier alpha value is -0.840. The Labute approximate surface area is 57.8 Å². The van der Waals surface area contributed by atoms with E-state index in [1.165, 1.54) is 0 Å². The van der Waals surface area contributed by atoms with Crippen LogP contribution in [0.5, 0.6) is 0 Å². The molecular weight excluding hydrogens is 164 g/mol. The number of rotatable bonds is 0. The lowest BCUT2D eigenvalue weighted by Gasteiger charge is -1.51. The van der Waals surface area contributed by atoms with Crippen molar-refractivity contribution in [1.82, 2.24) is 0 Å². The van der Waals surface area contributed by atoms with Gasteiger partial charge in [0.05, 0.1) is 0 Å². The zero-order chi connectivity index (χ0) is 6.24. The first kappa shape index (κ1) is 7.16. The van der Waals surface area contributed by atoms with Crippen molar-refractivity contribution >= 4 is 15.9 Å². The van der Waals surface area contributed by atoms with Gasteiger partial charge < -0.3 is 0 Å². The molecule has 0 aromatic heterocycles. The minimum atomic E-state index is 1.73. The first-order valence-electron chi connectivity index (χ1n) is 1.94. The molecular formula is C7H3Br. The molecule has 0 bridgehead atoms. The van der Waals surface area contributed by atoms with Gasteiger partial charge >= 0.3 is 0 Å². The van der Waals surface area contributed by atoms with E-state index in [4.69, 9.17) is 0 Å². The summed E-state index contributed by atoms with van der Waals surface area (Å²) < 4.78 is 0. The lowest BCUT2D eigenvalue weighted by atomic mass is 10.5. The Balaban J connectivity index is 3.75. The molecule has 0 spiro atoms. The molecule has 0 saturated heterocycles. The molecule has 0 saturated carbocycles. The second kappa shape index (κ2) is 6.16. The van der Waals surface area contributed by atoms with Crippen LogP contribution in [0.25, 0.3) is 0 Å². The monoisotopic (exact) mass is 166 g/mol. The summed E-state index contributed by atoms with van der Waals surface area (Å²) in [5, 5.41) is 0. The van der Waals surface area contributed by atoms with Crippen LogP contribution in [0.4, 0.5) is 0 Å². The highest BCUT2D eigenvalue weighted by Crippen LogP contribution is 1.65. The van der Waals surface area contributed by atoms with Gasteiger partial charge in [-0.2, -0.15) is 0 Å². The highest BCUT2D eigenvalue weighted by Gasteiger charge is 1.49. The van der Waals surface area contributed by atoms with Crippen molar-refractivity contribution in [2.45, 2.75) is 6.92 Å². The number of hydrogen-bond donors (Lipinski definition) is 0. The highest BCUT2D eigenvalue weighted by atomic mass is 79.9. The van der Waals surface area contributed by atoms with Crippen molar-refractivity contribution in [2.24, 2.45) is 0 Å². The first-order chi connectivity index (χ1) is 3.91. The van der Waals surface area contributed by atoms with E-state index in [0.717, 1.165) is 0 Å². The summed E-state index contributed by atoms with van der Waals surface area (Å²) in [5.74, 6) is 12.7. The largest absolute Gasteiger partial charge is 0.0925 e. The number of hydrogen-bond acceptors (Lipinski definition) is 0. The van der Waals surface area contributed by atoms with E-state index in [1.807, 2.05) is 0 Å². The van der Waals surface area contributed by atoms with Gasteiger partial charge in [0, 0.05) is 15.9 Å². The fourth-order valence-corrected chi connectivity index (χ4v) is 0.248. The van der Waals surface area contributed by atoms with Gasteiger partial charge in [-0.15, -0.1) is 0 Å². The minimum Gasteiger partial charge on any atom is -0.0925 e. The predicted octanol–water partition coefficient (Wildman–Crippen LogP) is 1.37. The molecule has 0 heterocycles.